The fraction of sp³-hybridized carbons (Fsp3) is 0.444. The van der Waals surface area contributed by atoms with Crippen molar-refractivity contribution in [2.45, 2.75) is 25.8 Å². The highest BCUT2D eigenvalue weighted by Gasteiger charge is 2.32. The van der Waals surface area contributed by atoms with E-state index in [1.165, 1.54) is 4.88 Å². The molecule has 0 N–H and O–H groups in total. The molecule has 1 aromatic heterocycles. The third-order valence-corrected chi connectivity index (χ3v) is 3.16. The molecule has 0 unspecified atom stereocenters. The molecule has 0 radical (unpaired) electrons. The first-order chi connectivity index (χ1) is 5.59. The van der Waals surface area contributed by atoms with Crippen LogP contribution in [0.1, 0.15) is 24.3 Å². The molecule has 2 rings (SSSR count). The monoisotopic (exact) mass is 181 g/mol. The summed E-state index contributed by atoms with van der Waals surface area (Å²) < 4.78 is 1.06. The molecular weight excluding hydrogens is 170 g/mol. The van der Waals surface area contributed by atoms with E-state index in [0.717, 1.165) is 16.7 Å². The van der Waals surface area contributed by atoms with Gasteiger partial charge in [-0.25, -0.2) is 4.74 Å². The molecule has 64 valence electrons. The standard InChI is InChI=1S/C9H11NOS/c1-9(2)5-8-7(3-4-12-8)6-10(9)11/h3-4,6H,5H2,1-2H3. The molecule has 0 aromatic carbocycles. The summed E-state index contributed by atoms with van der Waals surface area (Å²) in [7, 11) is 0. The van der Waals surface area contributed by atoms with Crippen LogP contribution in [0.25, 0.3) is 0 Å². The van der Waals surface area contributed by atoms with Gasteiger partial charge in [0, 0.05) is 25.1 Å². The Balaban J connectivity index is 2.51. The molecule has 0 spiro atoms. The Kier molecular flexibility index (Phi) is 1.51. The average molecular weight is 181 g/mol. The van der Waals surface area contributed by atoms with Crippen molar-refractivity contribution in [3.05, 3.63) is 27.1 Å². The van der Waals surface area contributed by atoms with E-state index in [9.17, 15) is 5.21 Å². The lowest BCUT2D eigenvalue weighted by atomic mass is 9.96. The van der Waals surface area contributed by atoms with E-state index in [1.54, 1.807) is 17.6 Å². The molecule has 0 fully saturated rings. The molecule has 0 bridgehead atoms. The lowest BCUT2D eigenvalue weighted by molar-refractivity contribution is -0.537. The van der Waals surface area contributed by atoms with Crippen molar-refractivity contribution in [3.63, 3.8) is 0 Å². The van der Waals surface area contributed by atoms with Crippen molar-refractivity contribution >= 4 is 17.6 Å². The number of rotatable bonds is 0. The third-order valence-electron chi connectivity index (χ3n) is 2.23. The maximum atomic E-state index is 11.4. The molecule has 0 atom stereocenters. The van der Waals surface area contributed by atoms with Crippen LogP contribution >= 0.6 is 11.3 Å². The molecule has 1 aliphatic heterocycles. The first-order valence-corrected chi connectivity index (χ1v) is 4.85. The summed E-state index contributed by atoms with van der Waals surface area (Å²) in [6.07, 6.45) is 2.55. The fourth-order valence-corrected chi connectivity index (χ4v) is 2.45. The minimum Gasteiger partial charge on any atom is -0.623 e. The Morgan fingerprint density at radius 2 is 2.33 bits per heavy atom. The molecule has 0 saturated carbocycles. The second kappa shape index (κ2) is 2.33. The van der Waals surface area contributed by atoms with Gasteiger partial charge in [0.1, 0.15) is 0 Å². The second-order valence-corrected chi connectivity index (χ2v) is 4.74. The largest absolute Gasteiger partial charge is 0.623 e. The lowest BCUT2D eigenvalue weighted by Gasteiger charge is -2.26. The second-order valence-electron chi connectivity index (χ2n) is 3.74. The summed E-state index contributed by atoms with van der Waals surface area (Å²) in [5.41, 5.74) is 0.826. The smallest absolute Gasteiger partial charge is 0.183 e. The Morgan fingerprint density at radius 1 is 1.58 bits per heavy atom. The molecule has 2 nitrogen and oxygen atoms in total. The van der Waals surface area contributed by atoms with E-state index >= 15 is 0 Å². The first kappa shape index (κ1) is 7.80. The molecule has 1 aromatic rings. The minimum absolute atomic E-state index is 0.266. The minimum atomic E-state index is -0.266. The lowest BCUT2D eigenvalue weighted by Crippen LogP contribution is -2.38. The van der Waals surface area contributed by atoms with Gasteiger partial charge in [0.2, 0.25) is 0 Å². The van der Waals surface area contributed by atoms with Gasteiger partial charge < -0.3 is 5.21 Å². The van der Waals surface area contributed by atoms with E-state index in [4.69, 9.17) is 0 Å². The van der Waals surface area contributed by atoms with E-state index in [0.29, 0.717) is 0 Å². The van der Waals surface area contributed by atoms with Gasteiger partial charge in [-0.1, -0.05) is 0 Å². The van der Waals surface area contributed by atoms with Gasteiger partial charge in [-0.3, -0.25) is 0 Å². The zero-order chi connectivity index (χ0) is 8.77. The van der Waals surface area contributed by atoms with Crippen molar-refractivity contribution in [2.75, 3.05) is 0 Å². The number of hydrogen-bond donors (Lipinski definition) is 0. The number of nitrogens with zero attached hydrogens (tertiary/aromatic N) is 1. The summed E-state index contributed by atoms with van der Waals surface area (Å²) in [6, 6.07) is 2.00. The van der Waals surface area contributed by atoms with Gasteiger partial charge in [0.05, 0.1) is 5.56 Å². The summed E-state index contributed by atoms with van der Waals surface area (Å²) in [4.78, 5) is 1.33. The van der Waals surface area contributed by atoms with Crippen LogP contribution in [-0.2, 0) is 6.42 Å². The van der Waals surface area contributed by atoms with Crippen LogP contribution in [0.4, 0.5) is 0 Å². The quantitative estimate of drug-likeness (QED) is 0.444. The van der Waals surface area contributed by atoms with Crippen molar-refractivity contribution < 1.29 is 4.74 Å². The number of thiophene rings is 1. The van der Waals surface area contributed by atoms with Gasteiger partial charge in [-0.15, -0.1) is 11.3 Å². The van der Waals surface area contributed by atoms with Crippen LogP contribution < -0.4 is 0 Å². The Hall–Kier alpha value is -0.830. The third kappa shape index (κ3) is 1.05. The highest BCUT2D eigenvalue weighted by atomic mass is 32.1. The molecular formula is C9H11NOS. The zero-order valence-corrected chi connectivity index (χ0v) is 8.02. The molecule has 3 heteroatoms. The van der Waals surface area contributed by atoms with Crippen LogP contribution in [0.15, 0.2) is 11.4 Å². The highest BCUT2D eigenvalue weighted by Crippen LogP contribution is 2.26. The highest BCUT2D eigenvalue weighted by molar-refractivity contribution is 7.10. The Labute approximate surface area is 75.7 Å². The van der Waals surface area contributed by atoms with Gasteiger partial charge in [-0.05, 0) is 11.4 Å². The maximum absolute atomic E-state index is 11.4. The number of fused-ring (bicyclic) bond motifs is 1. The SMILES string of the molecule is CC1(C)Cc2sccc2C=[N+]1[O-]. The van der Waals surface area contributed by atoms with Crippen LogP contribution in [0.5, 0.6) is 0 Å². The van der Waals surface area contributed by atoms with Crippen molar-refractivity contribution in [2.24, 2.45) is 0 Å². The van der Waals surface area contributed by atoms with Crippen molar-refractivity contribution in [1.29, 1.82) is 0 Å². The summed E-state index contributed by atoms with van der Waals surface area (Å²) in [6.45, 7) is 3.94. The summed E-state index contributed by atoms with van der Waals surface area (Å²) in [5, 5.41) is 13.5. The first-order valence-electron chi connectivity index (χ1n) is 3.97. The number of hydroxylamine groups is 1. The van der Waals surface area contributed by atoms with Gasteiger partial charge in [0.25, 0.3) is 0 Å². The van der Waals surface area contributed by atoms with Crippen molar-refractivity contribution in [3.8, 4) is 0 Å². The molecule has 1 aliphatic rings. The maximum Gasteiger partial charge on any atom is 0.183 e. The van der Waals surface area contributed by atoms with Crippen LogP contribution in [0.3, 0.4) is 0 Å². The topological polar surface area (TPSA) is 26.1 Å². The molecule has 0 amide bonds. The summed E-state index contributed by atoms with van der Waals surface area (Å²) in [5.74, 6) is 0. The average Bonchev–Trinajstić information content (AvgIpc) is 2.35. The molecule has 0 aliphatic carbocycles. The Morgan fingerprint density at radius 3 is 3.08 bits per heavy atom. The van der Waals surface area contributed by atoms with Crippen molar-refractivity contribution in [1.82, 2.24) is 0 Å². The van der Waals surface area contributed by atoms with E-state index in [-0.39, 0.29) is 5.54 Å². The molecule has 12 heavy (non-hydrogen) atoms. The van der Waals surface area contributed by atoms with E-state index in [2.05, 4.69) is 0 Å². The predicted molar refractivity (Wildman–Crippen MR) is 50.9 cm³/mol. The predicted octanol–water partition coefficient (Wildman–Crippen LogP) is 2.01. The van der Waals surface area contributed by atoms with Gasteiger partial charge in [-0.2, -0.15) is 0 Å². The van der Waals surface area contributed by atoms with Gasteiger partial charge >= 0.3 is 0 Å². The number of hydrogen-bond acceptors (Lipinski definition) is 2. The van der Waals surface area contributed by atoms with E-state index in [1.807, 2.05) is 25.3 Å². The van der Waals surface area contributed by atoms with Crippen LogP contribution in [0.2, 0.25) is 0 Å². The molecule has 2 heterocycles. The van der Waals surface area contributed by atoms with Crippen LogP contribution in [-0.4, -0.2) is 16.5 Å². The normalized spacial score (nSPS) is 20.0. The Bertz CT molecular complexity index is 338. The zero-order valence-electron chi connectivity index (χ0n) is 7.20. The van der Waals surface area contributed by atoms with Gasteiger partial charge in [0.15, 0.2) is 11.8 Å². The fourth-order valence-electron chi connectivity index (χ4n) is 1.38. The molecule has 0 saturated heterocycles. The van der Waals surface area contributed by atoms with E-state index < -0.39 is 0 Å². The van der Waals surface area contributed by atoms with Crippen LogP contribution in [0, 0.1) is 5.21 Å². The summed E-state index contributed by atoms with van der Waals surface area (Å²) >= 11 is 1.73.